The molecule has 0 spiro atoms. The van der Waals surface area contributed by atoms with Crippen LogP contribution in [-0.2, 0) is 9.53 Å². The Morgan fingerprint density at radius 1 is 1.50 bits per heavy atom. The minimum atomic E-state index is -0.0350. The summed E-state index contributed by atoms with van der Waals surface area (Å²) in [4.78, 5) is 13.8. The van der Waals surface area contributed by atoms with E-state index in [-0.39, 0.29) is 11.9 Å². The van der Waals surface area contributed by atoms with Crippen molar-refractivity contribution in [3.8, 4) is 0 Å². The zero-order valence-corrected chi connectivity index (χ0v) is 11.8. The molecule has 4 heteroatoms. The number of hydrogen-bond donors (Lipinski definition) is 0. The van der Waals surface area contributed by atoms with E-state index in [9.17, 15) is 4.79 Å². The number of esters is 1. The fourth-order valence-electron chi connectivity index (χ4n) is 2.17. The molecule has 94 valence electrons. The molecule has 0 aromatic rings. The number of hydrogen-bond acceptors (Lipinski definition) is 3. The van der Waals surface area contributed by atoms with E-state index in [4.69, 9.17) is 4.74 Å². The second-order valence-corrected chi connectivity index (χ2v) is 5.17. The molecule has 16 heavy (non-hydrogen) atoms. The van der Waals surface area contributed by atoms with Gasteiger partial charge < -0.3 is 9.64 Å². The summed E-state index contributed by atoms with van der Waals surface area (Å²) in [6, 6.07) is 0. The van der Waals surface area contributed by atoms with Gasteiger partial charge in [-0.05, 0) is 31.8 Å². The van der Waals surface area contributed by atoms with E-state index in [1.165, 1.54) is 13.5 Å². The van der Waals surface area contributed by atoms with Crippen LogP contribution in [0.2, 0.25) is 0 Å². The van der Waals surface area contributed by atoms with Crippen LogP contribution in [0.4, 0.5) is 0 Å². The van der Waals surface area contributed by atoms with Crippen LogP contribution in [0.3, 0.4) is 0 Å². The monoisotopic (exact) mass is 291 g/mol. The summed E-state index contributed by atoms with van der Waals surface area (Å²) in [7, 11) is 1.48. The van der Waals surface area contributed by atoms with Crippen molar-refractivity contribution in [3.05, 3.63) is 0 Å². The summed E-state index contributed by atoms with van der Waals surface area (Å²) in [5, 5.41) is 1.07. The van der Waals surface area contributed by atoms with Gasteiger partial charge in [0.1, 0.15) is 0 Å². The molecule has 0 bridgehead atoms. The third-order valence-electron chi connectivity index (χ3n) is 3.43. The Kier molecular flexibility index (Phi) is 6.36. The van der Waals surface area contributed by atoms with Crippen LogP contribution in [0.25, 0.3) is 0 Å². The number of methoxy groups -OCH3 is 1. The van der Waals surface area contributed by atoms with Gasteiger partial charge in [-0.3, -0.25) is 4.79 Å². The number of carbonyl (C=O) groups is 1. The molecule has 0 amide bonds. The van der Waals surface area contributed by atoms with E-state index in [2.05, 4.69) is 27.8 Å². The summed E-state index contributed by atoms with van der Waals surface area (Å²) in [5.41, 5.74) is 0. The third kappa shape index (κ3) is 4.06. The maximum Gasteiger partial charge on any atom is 0.308 e. The highest BCUT2D eigenvalue weighted by Gasteiger charge is 2.26. The molecule has 0 aromatic carbocycles. The predicted octanol–water partition coefficient (Wildman–Crippen LogP) is 2.29. The molecule has 0 radical (unpaired) electrons. The van der Waals surface area contributed by atoms with Crippen molar-refractivity contribution in [1.29, 1.82) is 0 Å². The van der Waals surface area contributed by atoms with Gasteiger partial charge in [0.05, 0.1) is 13.0 Å². The quantitative estimate of drug-likeness (QED) is 0.575. The Morgan fingerprint density at radius 3 is 2.56 bits per heavy atom. The lowest BCUT2D eigenvalue weighted by molar-refractivity contribution is -0.147. The topological polar surface area (TPSA) is 29.5 Å². The van der Waals surface area contributed by atoms with Crippen LogP contribution in [0, 0.1) is 11.8 Å². The molecule has 1 heterocycles. The van der Waals surface area contributed by atoms with Crippen molar-refractivity contribution < 1.29 is 9.53 Å². The lowest BCUT2D eigenvalue weighted by Crippen LogP contribution is -2.39. The average molecular weight is 292 g/mol. The van der Waals surface area contributed by atoms with E-state index in [1.807, 2.05) is 0 Å². The highest BCUT2D eigenvalue weighted by molar-refractivity contribution is 9.09. The number of halogens is 1. The number of alkyl halides is 1. The summed E-state index contributed by atoms with van der Waals surface area (Å²) >= 11 is 3.55. The second kappa shape index (κ2) is 7.28. The van der Waals surface area contributed by atoms with E-state index >= 15 is 0 Å². The van der Waals surface area contributed by atoms with Gasteiger partial charge in [-0.15, -0.1) is 0 Å². The van der Waals surface area contributed by atoms with Crippen LogP contribution in [0.15, 0.2) is 0 Å². The molecule has 0 N–H and O–H groups in total. The molecule has 0 aromatic heterocycles. The summed E-state index contributed by atoms with van der Waals surface area (Å²) in [6.07, 6.45) is 3.11. The largest absolute Gasteiger partial charge is 0.469 e. The lowest BCUT2D eigenvalue weighted by atomic mass is 9.96. The van der Waals surface area contributed by atoms with Gasteiger partial charge in [-0.25, -0.2) is 0 Å². The molecular formula is C12H22BrNO2. The fraction of sp³-hybridized carbons (Fsp3) is 0.917. The molecule has 0 saturated carbocycles. The van der Waals surface area contributed by atoms with Gasteiger partial charge in [0, 0.05) is 11.9 Å². The van der Waals surface area contributed by atoms with Crippen LogP contribution in [0.1, 0.15) is 26.2 Å². The minimum absolute atomic E-state index is 0.0350. The Hall–Kier alpha value is -0.0900. The molecule has 3 nitrogen and oxygen atoms in total. The number of likely N-dealkylation sites (tertiary alicyclic amines) is 1. The van der Waals surface area contributed by atoms with Crippen molar-refractivity contribution in [2.75, 3.05) is 32.1 Å². The molecular weight excluding hydrogens is 270 g/mol. The molecule has 1 fully saturated rings. The number of rotatable bonds is 5. The van der Waals surface area contributed by atoms with Gasteiger partial charge >= 0.3 is 5.97 Å². The van der Waals surface area contributed by atoms with Gasteiger partial charge in [0.25, 0.3) is 0 Å². The highest BCUT2D eigenvalue weighted by atomic mass is 79.9. The number of piperidine rings is 1. The molecule has 1 aliphatic heterocycles. The van der Waals surface area contributed by atoms with Gasteiger partial charge in [-0.2, -0.15) is 0 Å². The number of carbonyl (C=O) groups excluding carboxylic acids is 1. The molecule has 1 unspecified atom stereocenters. The first kappa shape index (κ1) is 14.0. The van der Waals surface area contributed by atoms with E-state index in [0.29, 0.717) is 0 Å². The van der Waals surface area contributed by atoms with E-state index < -0.39 is 0 Å². The Bertz CT molecular complexity index is 211. The van der Waals surface area contributed by atoms with Crippen LogP contribution in [0.5, 0.6) is 0 Å². The van der Waals surface area contributed by atoms with Crippen molar-refractivity contribution in [1.82, 2.24) is 4.90 Å². The van der Waals surface area contributed by atoms with Crippen molar-refractivity contribution in [2.24, 2.45) is 11.8 Å². The fourth-order valence-corrected chi connectivity index (χ4v) is 2.83. The smallest absolute Gasteiger partial charge is 0.308 e. The second-order valence-electron chi connectivity index (χ2n) is 4.53. The molecule has 1 atom stereocenters. The number of ether oxygens (including phenoxy) is 1. The first-order chi connectivity index (χ1) is 7.71. The molecule has 1 saturated heterocycles. The van der Waals surface area contributed by atoms with Crippen molar-refractivity contribution in [3.63, 3.8) is 0 Å². The Labute approximate surface area is 107 Å². The van der Waals surface area contributed by atoms with Crippen molar-refractivity contribution in [2.45, 2.75) is 26.2 Å². The van der Waals surface area contributed by atoms with Crippen LogP contribution in [-0.4, -0.2) is 42.9 Å². The predicted molar refractivity (Wildman–Crippen MR) is 68.8 cm³/mol. The van der Waals surface area contributed by atoms with Crippen LogP contribution < -0.4 is 0 Å². The standard InChI is InChI=1S/C12H22BrNO2/c1-3-10(8-13)9-14-6-4-11(5-7-14)12(15)16-2/h10-11H,3-9H2,1-2H3. The van der Waals surface area contributed by atoms with Gasteiger partial charge in [-0.1, -0.05) is 29.3 Å². The molecule has 1 rings (SSSR count). The van der Waals surface area contributed by atoms with Gasteiger partial charge in [0.15, 0.2) is 0 Å². The van der Waals surface area contributed by atoms with Crippen molar-refractivity contribution >= 4 is 21.9 Å². The minimum Gasteiger partial charge on any atom is -0.469 e. The first-order valence-corrected chi connectivity index (χ1v) is 7.19. The third-order valence-corrected chi connectivity index (χ3v) is 4.35. The van der Waals surface area contributed by atoms with Crippen LogP contribution >= 0.6 is 15.9 Å². The normalized spacial score (nSPS) is 20.7. The maximum absolute atomic E-state index is 11.4. The Morgan fingerprint density at radius 2 is 2.12 bits per heavy atom. The average Bonchev–Trinajstić information content (AvgIpc) is 2.35. The first-order valence-electron chi connectivity index (χ1n) is 6.07. The highest BCUT2D eigenvalue weighted by Crippen LogP contribution is 2.20. The molecule has 0 aliphatic carbocycles. The summed E-state index contributed by atoms with van der Waals surface area (Å²) in [6.45, 7) is 5.44. The zero-order chi connectivity index (χ0) is 12.0. The zero-order valence-electron chi connectivity index (χ0n) is 10.2. The lowest BCUT2D eigenvalue weighted by Gasteiger charge is -2.32. The SMILES string of the molecule is CCC(CBr)CN1CCC(C(=O)OC)CC1. The summed E-state index contributed by atoms with van der Waals surface area (Å²) < 4.78 is 4.78. The molecule has 1 aliphatic rings. The summed E-state index contributed by atoms with van der Waals surface area (Å²) in [5.74, 6) is 0.826. The van der Waals surface area contributed by atoms with Gasteiger partial charge in [0.2, 0.25) is 0 Å². The number of nitrogens with zero attached hydrogens (tertiary/aromatic N) is 1. The Balaban J connectivity index is 2.29. The van der Waals surface area contributed by atoms with E-state index in [0.717, 1.165) is 43.7 Å². The van der Waals surface area contributed by atoms with E-state index in [1.54, 1.807) is 0 Å². The maximum atomic E-state index is 11.4.